The van der Waals surface area contributed by atoms with Gasteiger partial charge in [0, 0.05) is 30.8 Å². The summed E-state index contributed by atoms with van der Waals surface area (Å²) in [5.74, 6) is 0. The van der Waals surface area contributed by atoms with Crippen LogP contribution in [0.5, 0.6) is 0 Å². The molecule has 0 aliphatic carbocycles. The zero-order chi connectivity index (χ0) is 17.3. The highest BCUT2D eigenvalue weighted by Gasteiger charge is 2.30. The Hall–Kier alpha value is -2.31. The van der Waals surface area contributed by atoms with Crippen LogP contribution in [0.4, 0.5) is 4.79 Å². The number of oxazole rings is 1. The summed E-state index contributed by atoms with van der Waals surface area (Å²) in [4.78, 5) is 18.3. The Labute approximate surface area is 141 Å². The molecule has 24 heavy (non-hydrogen) atoms. The number of aryl methyl sites for hydroxylation is 1. The van der Waals surface area contributed by atoms with Crippen LogP contribution in [0.1, 0.15) is 45.4 Å². The fourth-order valence-corrected chi connectivity index (χ4v) is 2.91. The van der Waals surface area contributed by atoms with Gasteiger partial charge in [-0.3, -0.25) is 4.68 Å². The summed E-state index contributed by atoms with van der Waals surface area (Å²) in [7, 11) is 0. The molecule has 1 amide bonds. The normalized spacial score (nSPS) is 14.6. The molecule has 0 saturated carbocycles. The van der Waals surface area contributed by atoms with Crippen LogP contribution in [0.15, 0.2) is 17.1 Å². The fraction of sp³-hybridized carbons (Fsp3) is 0.588. The largest absolute Gasteiger partial charge is 0.451 e. The number of fused-ring (bicyclic) bond motifs is 1. The zero-order valence-electron chi connectivity index (χ0n) is 14.7. The van der Waals surface area contributed by atoms with Crippen LogP contribution in [0.3, 0.4) is 0 Å². The molecule has 0 saturated heterocycles. The van der Waals surface area contributed by atoms with Crippen LogP contribution < -0.4 is 0 Å². The molecule has 0 atom stereocenters. The molecule has 0 unspecified atom stereocenters. The number of aromatic nitrogens is 3. The van der Waals surface area contributed by atoms with Gasteiger partial charge in [0.1, 0.15) is 23.3 Å². The van der Waals surface area contributed by atoms with Gasteiger partial charge in [-0.1, -0.05) is 6.92 Å². The van der Waals surface area contributed by atoms with Gasteiger partial charge in [0.2, 0.25) is 0 Å². The van der Waals surface area contributed by atoms with E-state index in [9.17, 15) is 4.79 Å². The van der Waals surface area contributed by atoms with Crippen molar-refractivity contribution in [3.8, 4) is 11.4 Å². The minimum absolute atomic E-state index is 0.289. The zero-order valence-corrected chi connectivity index (χ0v) is 14.7. The van der Waals surface area contributed by atoms with Crippen LogP contribution >= 0.6 is 0 Å². The number of hydrogen-bond acceptors (Lipinski definition) is 5. The first kappa shape index (κ1) is 16.5. The predicted octanol–water partition coefficient (Wildman–Crippen LogP) is 3.24. The van der Waals surface area contributed by atoms with Gasteiger partial charge < -0.3 is 14.1 Å². The van der Waals surface area contributed by atoms with Crippen molar-refractivity contribution in [2.24, 2.45) is 0 Å². The molecule has 7 nitrogen and oxygen atoms in total. The van der Waals surface area contributed by atoms with E-state index in [0.29, 0.717) is 18.8 Å². The lowest BCUT2D eigenvalue weighted by molar-refractivity contribution is 0.0223. The van der Waals surface area contributed by atoms with Gasteiger partial charge in [0.15, 0.2) is 6.39 Å². The van der Waals surface area contributed by atoms with Crippen molar-refractivity contribution in [2.75, 3.05) is 6.54 Å². The summed E-state index contributed by atoms with van der Waals surface area (Å²) in [5.41, 5.74) is 3.20. The molecule has 0 radical (unpaired) electrons. The van der Waals surface area contributed by atoms with Crippen LogP contribution in [0.25, 0.3) is 11.4 Å². The molecule has 3 heterocycles. The van der Waals surface area contributed by atoms with Crippen molar-refractivity contribution in [3.05, 3.63) is 23.9 Å². The molecule has 3 rings (SSSR count). The Balaban J connectivity index is 1.90. The maximum atomic E-state index is 12.4. The van der Waals surface area contributed by atoms with Crippen molar-refractivity contribution in [1.82, 2.24) is 19.7 Å². The monoisotopic (exact) mass is 332 g/mol. The van der Waals surface area contributed by atoms with Crippen LogP contribution in [0, 0.1) is 0 Å². The number of ether oxygens (including phenoxy) is 1. The van der Waals surface area contributed by atoms with E-state index in [1.165, 1.54) is 12.1 Å². The van der Waals surface area contributed by atoms with Crippen molar-refractivity contribution in [2.45, 2.75) is 59.2 Å². The van der Waals surface area contributed by atoms with Gasteiger partial charge >= 0.3 is 6.09 Å². The highest BCUT2D eigenvalue weighted by atomic mass is 16.6. The van der Waals surface area contributed by atoms with Crippen molar-refractivity contribution < 1.29 is 13.9 Å². The SMILES string of the molecule is CCCn1nc(-c2cocn2)c2c1CCN(C(=O)OC(C)(C)C)C2. The second-order valence-electron chi connectivity index (χ2n) is 7.02. The third-order valence-corrected chi connectivity index (χ3v) is 3.90. The van der Waals surface area contributed by atoms with E-state index in [4.69, 9.17) is 14.3 Å². The van der Waals surface area contributed by atoms with Gasteiger partial charge in [0.05, 0.1) is 6.54 Å². The number of hydrogen-bond donors (Lipinski definition) is 0. The Morgan fingerprint density at radius 3 is 2.83 bits per heavy atom. The maximum Gasteiger partial charge on any atom is 0.410 e. The first-order valence-electron chi connectivity index (χ1n) is 8.34. The summed E-state index contributed by atoms with van der Waals surface area (Å²) in [6, 6.07) is 0. The Bertz CT molecular complexity index is 713. The molecular formula is C17H24N4O3. The predicted molar refractivity (Wildman–Crippen MR) is 88.4 cm³/mol. The lowest BCUT2D eigenvalue weighted by Crippen LogP contribution is -2.40. The molecule has 0 spiro atoms. The van der Waals surface area contributed by atoms with E-state index in [2.05, 4.69) is 11.9 Å². The Kier molecular flexibility index (Phi) is 4.34. The molecule has 2 aromatic heterocycles. The molecule has 0 N–H and O–H groups in total. The van der Waals surface area contributed by atoms with E-state index in [-0.39, 0.29) is 6.09 Å². The van der Waals surface area contributed by atoms with E-state index in [1.807, 2.05) is 25.5 Å². The van der Waals surface area contributed by atoms with E-state index < -0.39 is 5.60 Å². The molecule has 0 aromatic carbocycles. The summed E-state index contributed by atoms with van der Waals surface area (Å²) < 4.78 is 12.6. The lowest BCUT2D eigenvalue weighted by atomic mass is 10.0. The number of carbonyl (C=O) groups excluding carboxylic acids is 1. The summed E-state index contributed by atoms with van der Waals surface area (Å²) in [5, 5.41) is 4.71. The lowest BCUT2D eigenvalue weighted by Gasteiger charge is -2.30. The third-order valence-electron chi connectivity index (χ3n) is 3.90. The van der Waals surface area contributed by atoms with Crippen LogP contribution in [-0.2, 0) is 24.2 Å². The van der Waals surface area contributed by atoms with Gasteiger partial charge in [-0.15, -0.1) is 0 Å². The molecule has 1 aliphatic heterocycles. The molecule has 2 aromatic rings. The van der Waals surface area contributed by atoms with E-state index in [0.717, 1.165) is 30.6 Å². The maximum absolute atomic E-state index is 12.4. The average Bonchev–Trinajstić information content (AvgIpc) is 3.13. The topological polar surface area (TPSA) is 73.4 Å². The number of amides is 1. The van der Waals surface area contributed by atoms with E-state index in [1.54, 1.807) is 11.2 Å². The number of nitrogens with zero attached hydrogens (tertiary/aromatic N) is 4. The van der Waals surface area contributed by atoms with Gasteiger partial charge in [-0.05, 0) is 27.2 Å². The first-order chi connectivity index (χ1) is 11.4. The average molecular weight is 332 g/mol. The van der Waals surface area contributed by atoms with Crippen molar-refractivity contribution >= 4 is 6.09 Å². The smallest absolute Gasteiger partial charge is 0.410 e. The molecular weight excluding hydrogens is 308 g/mol. The number of rotatable bonds is 3. The molecule has 130 valence electrons. The first-order valence-corrected chi connectivity index (χ1v) is 8.34. The molecule has 7 heteroatoms. The van der Waals surface area contributed by atoms with Gasteiger partial charge in [-0.2, -0.15) is 5.10 Å². The van der Waals surface area contributed by atoms with Gasteiger partial charge in [-0.25, -0.2) is 9.78 Å². The van der Waals surface area contributed by atoms with Crippen LogP contribution in [-0.4, -0.2) is 37.9 Å². The summed E-state index contributed by atoms with van der Waals surface area (Å²) >= 11 is 0. The highest BCUT2D eigenvalue weighted by molar-refractivity contribution is 5.70. The minimum Gasteiger partial charge on any atom is -0.451 e. The van der Waals surface area contributed by atoms with Gasteiger partial charge in [0.25, 0.3) is 0 Å². The second-order valence-corrected chi connectivity index (χ2v) is 7.02. The minimum atomic E-state index is -0.501. The third kappa shape index (κ3) is 3.29. The van der Waals surface area contributed by atoms with Crippen LogP contribution in [0.2, 0.25) is 0 Å². The highest BCUT2D eigenvalue weighted by Crippen LogP contribution is 2.30. The summed E-state index contributed by atoms with van der Waals surface area (Å²) in [6.07, 6.45) is 4.46. The fourth-order valence-electron chi connectivity index (χ4n) is 2.91. The Morgan fingerprint density at radius 1 is 1.42 bits per heavy atom. The second kappa shape index (κ2) is 6.30. The molecule has 1 aliphatic rings. The quantitative estimate of drug-likeness (QED) is 0.862. The standard InChI is InChI=1S/C17H24N4O3/c1-5-7-21-14-6-8-20(16(22)24-17(2,3)4)9-12(14)15(19-21)13-10-23-11-18-13/h10-11H,5-9H2,1-4H3. The van der Waals surface area contributed by atoms with E-state index >= 15 is 0 Å². The summed E-state index contributed by atoms with van der Waals surface area (Å²) in [6.45, 7) is 9.72. The van der Waals surface area contributed by atoms with Crippen molar-refractivity contribution in [3.63, 3.8) is 0 Å². The number of carbonyl (C=O) groups is 1. The van der Waals surface area contributed by atoms with Crippen molar-refractivity contribution in [1.29, 1.82) is 0 Å². The molecule has 0 bridgehead atoms. The Morgan fingerprint density at radius 2 is 2.21 bits per heavy atom. The molecule has 0 fully saturated rings.